The van der Waals surface area contributed by atoms with Gasteiger partial charge in [-0.3, -0.25) is 0 Å². The molecule has 0 fully saturated rings. The molecule has 0 radical (unpaired) electrons. The predicted molar refractivity (Wildman–Crippen MR) is 120 cm³/mol. The molecular formula is C18H28ClIN6O. The number of nitrogens with zero attached hydrogens (tertiary/aromatic N) is 4. The van der Waals surface area contributed by atoms with Gasteiger partial charge in [-0.1, -0.05) is 23.7 Å². The molecule has 2 aromatic rings. The standard InChI is InChI=1S/C18H27ClN6O.HI/c1-14-23-24-17(25(14)2)13-22-18(20-10-4-12-26-3)21-11-9-15-5-7-16(19)8-6-15;/h5-8H,4,9-13H2,1-3H3,(H2,20,21,22);1H. The number of aromatic nitrogens is 3. The van der Waals surface area contributed by atoms with Crippen LogP contribution in [-0.2, 0) is 24.8 Å². The molecular weight excluding hydrogens is 479 g/mol. The number of rotatable bonds is 9. The number of nitrogens with one attached hydrogen (secondary N) is 2. The summed E-state index contributed by atoms with van der Waals surface area (Å²) >= 11 is 5.92. The lowest BCUT2D eigenvalue weighted by atomic mass is 10.1. The number of benzene rings is 1. The molecule has 0 aliphatic heterocycles. The van der Waals surface area contributed by atoms with Crippen molar-refractivity contribution in [3.05, 3.63) is 46.5 Å². The van der Waals surface area contributed by atoms with Gasteiger partial charge >= 0.3 is 0 Å². The number of aryl methyl sites for hydroxylation is 1. The quantitative estimate of drug-likeness (QED) is 0.237. The van der Waals surface area contributed by atoms with E-state index in [0.29, 0.717) is 13.2 Å². The van der Waals surface area contributed by atoms with E-state index < -0.39 is 0 Å². The molecule has 0 amide bonds. The molecule has 9 heteroatoms. The molecule has 0 saturated carbocycles. The van der Waals surface area contributed by atoms with Crippen molar-refractivity contribution in [3.63, 3.8) is 0 Å². The molecule has 1 aromatic heterocycles. The summed E-state index contributed by atoms with van der Waals surface area (Å²) in [5.74, 6) is 2.47. The van der Waals surface area contributed by atoms with Gasteiger partial charge in [0, 0.05) is 38.9 Å². The van der Waals surface area contributed by atoms with Crippen LogP contribution in [0, 0.1) is 6.92 Å². The first-order chi connectivity index (χ1) is 12.6. The fourth-order valence-corrected chi connectivity index (χ4v) is 2.44. The molecule has 27 heavy (non-hydrogen) atoms. The van der Waals surface area contributed by atoms with E-state index in [9.17, 15) is 0 Å². The first-order valence-electron chi connectivity index (χ1n) is 8.70. The lowest BCUT2D eigenvalue weighted by molar-refractivity contribution is 0.195. The topological polar surface area (TPSA) is 76.4 Å². The number of hydrogen-bond donors (Lipinski definition) is 2. The molecule has 0 bridgehead atoms. The van der Waals surface area contributed by atoms with Gasteiger partial charge in [0.05, 0.1) is 0 Å². The molecule has 7 nitrogen and oxygen atoms in total. The molecule has 0 atom stereocenters. The van der Waals surface area contributed by atoms with Crippen LogP contribution in [0.15, 0.2) is 29.3 Å². The Morgan fingerprint density at radius 3 is 2.52 bits per heavy atom. The summed E-state index contributed by atoms with van der Waals surface area (Å²) in [4.78, 5) is 4.62. The second-order valence-corrected chi connectivity index (χ2v) is 6.40. The number of halogens is 2. The molecule has 0 unspecified atom stereocenters. The van der Waals surface area contributed by atoms with Crippen molar-refractivity contribution >= 4 is 41.5 Å². The van der Waals surface area contributed by atoms with Gasteiger partial charge in [0.1, 0.15) is 12.4 Å². The van der Waals surface area contributed by atoms with Crippen molar-refractivity contribution in [2.45, 2.75) is 26.3 Å². The van der Waals surface area contributed by atoms with Crippen molar-refractivity contribution in [2.75, 3.05) is 26.8 Å². The van der Waals surface area contributed by atoms with Crippen LogP contribution in [0.25, 0.3) is 0 Å². The van der Waals surface area contributed by atoms with Crippen LogP contribution in [0.3, 0.4) is 0 Å². The van der Waals surface area contributed by atoms with Gasteiger partial charge in [0.15, 0.2) is 11.8 Å². The van der Waals surface area contributed by atoms with E-state index in [1.54, 1.807) is 7.11 Å². The Morgan fingerprint density at radius 1 is 1.19 bits per heavy atom. The van der Waals surface area contributed by atoms with E-state index in [2.05, 4.69) is 25.8 Å². The highest BCUT2D eigenvalue weighted by Gasteiger charge is 2.05. The van der Waals surface area contributed by atoms with Crippen molar-refractivity contribution in [3.8, 4) is 0 Å². The highest BCUT2D eigenvalue weighted by Crippen LogP contribution is 2.09. The molecule has 1 heterocycles. The van der Waals surface area contributed by atoms with Crippen LogP contribution >= 0.6 is 35.6 Å². The minimum absolute atomic E-state index is 0. The summed E-state index contributed by atoms with van der Waals surface area (Å²) in [7, 11) is 3.65. The first kappa shape index (κ1) is 23.6. The zero-order chi connectivity index (χ0) is 18.8. The third-order valence-electron chi connectivity index (χ3n) is 4.00. The molecule has 2 rings (SSSR count). The molecule has 2 N–H and O–H groups in total. The van der Waals surface area contributed by atoms with Gasteiger partial charge in [0.25, 0.3) is 0 Å². The van der Waals surface area contributed by atoms with Crippen LogP contribution in [0.4, 0.5) is 0 Å². The van der Waals surface area contributed by atoms with Crippen molar-refractivity contribution < 1.29 is 4.74 Å². The molecule has 0 spiro atoms. The van der Waals surface area contributed by atoms with Gasteiger partial charge in [0.2, 0.25) is 0 Å². The number of hydrogen-bond acceptors (Lipinski definition) is 4. The zero-order valence-electron chi connectivity index (χ0n) is 16.0. The summed E-state index contributed by atoms with van der Waals surface area (Å²) in [5, 5.41) is 15.7. The van der Waals surface area contributed by atoms with E-state index in [1.165, 1.54) is 5.56 Å². The Labute approximate surface area is 183 Å². The second-order valence-electron chi connectivity index (χ2n) is 5.96. The minimum Gasteiger partial charge on any atom is -0.385 e. The highest BCUT2D eigenvalue weighted by molar-refractivity contribution is 14.0. The Bertz CT molecular complexity index is 704. The maximum atomic E-state index is 5.92. The number of guanidine groups is 1. The highest BCUT2D eigenvalue weighted by atomic mass is 127. The van der Waals surface area contributed by atoms with Crippen LogP contribution in [0.2, 0.25) is 5.02 Å². The van der Waals surface area contributed by atoms with Gasteiger partial charge in [-0.25, -0.2) is 4.99 Å². The maximum Gasteiger partial charge on any atom is 0.191 e. The Balaban J connectivity index is 0.00000364. The largest absolute Gasteiger partial charge is 0.385 e. The van der Waals surface area contributed by atoms with Crippen molar-refractivity contribution in [1.82, 2.24) is 25.4 Å². The van der Waals surface area contributed by atoms with Crippen LogP contribution in [-0.4, -0.2) is 47.5 Å². The molecule has 0 saturated heterocycles. The third kappa shape index (κ3) is 8.44. The lowest BCUT2D eigenvalue weighted by Gasteiger charge is -2.12. The van der Waals surface area contributed by atoms with E-state index in [4.69, 9.17) is 16.3 Å². The molecule has 150 valence electrons. The van der Waals surface area contributed by atoms with Gasteiger partial charge in [-0.05, 0) is 37.5 Å². The first-order valence-corrected chi connectivity index (χ1v) is 9.08. The van der Waals surface area contributed by atoms with E-state index in [-0.39, 0.29) is 24.0 Å². The number of methoxy groups -OCH3 is 1. The summed E-state index contributed by atoms with van der Waals surface area (Å²) in [6, 6.07) is 7.89. The Hall–Kier alpha value is -1.39. The summed E-state index contributed by atoms with van der Waals surface area (Å²) < 4.78 is 7.03. The fraction of sp³-hybridized carbons (Fsp3) is 0.500. The normalized spacial score (nSPS) is 11.2. The minimum atomic E-state index is 0. The Morgan fingerprint density at radius 2 is 1.89 bits per heavy atom. The summed E-state index contributed by atoms with van der Waals surface area (Å²) in [6.07, 6.45) is 1.80. The van der Waals surface area contributed by atoms with E-state index >= 15 is 0 Å². The van der Waals surface area contributed by atoms with Crippen molar-refractivity contribution in [2.24, 2.45) is 12.0 Å². The van der Waals surface area contributed by atoms with Crippen LogP contribution < -0.4 is 10.6 Å². The predicted octanol–water partition coefficient (Wildman–Crippen LogP) is 2.71. The van der Waals surface area contributed by atoms with Crippen molar-refractivity contribution in [1.29, 1.82) is 0 Å². The van der Waals surface area contributed by atoms with Gasteiger partial charge < -0.3 is 19.9 Å². The Kier molecular flexibility index (Phi) is 11.3. The monoisotopic (exact) mass is 506 g/mol. The molecule has 0 aliphatic rings. The smallest absolute Gasteiger partial charge is 0.191 e. The molecule has 0 aliphatic carbocycles. The van der Waals surface area contributed by atoms with Crippen LogP contribution in [0.1, 0.15) is 23.6 Å². The zero-order valence-corrected chi connectivity index (χ0v) is 19.1. The summed E-state index contributed by atoms with van der Waals surface area (Å²) in [6.45, 7) is 4.67. The number of aliphatic imine (C=N–C) groups is 1. The summed E-state index contributed by atoms with van der Waals surface area (Å²) in [5.41, 5.74) is 1.23. The van der Waals surface area contributed by atoms with Crippen LogP contribution in [0.5, 0.6) is 0 Å². The second kappa shape index (κ2) is 12.9. The molecule has 1 aromatic carbocycles. The fourth-order valence-electron chi connectivity index (χ4n) is 2.31. The van der Waals surface area contributed by atoms with E-state index in [0.717, 1.165) is 48.6 Å². The third-order valence-corrected chi connectivity index (χ3v) is 4.25. The average molecular weight is 507 g/mol. The maximum absolute atomic E-state index is 5.92. The van der Waals surface area contributed by atoms with Gasteiger partial charge in [-0.2, -0.15) is 0 Å². The van der Waals surface area contributed by atoms with E-state index in [1.807, 2.05) is 42.8 Å². The lowest BCUT2D eigenvalue weighted by Crippen LogP contribution is -2.39. The number of ether oxygens (including phenoxy) is 1. The average Bonchev–Trinajstić information content (AvgIpc) is 2.96. The van der Waals surface area contributed by atoms with Gasteiger partial charge in [-0.15, -0.1) is 34.2 Å². The SMILES string of the molecule is COCCCNC(=NCc1nnc(C)n1C)NCCc1ccc(Cl)cc1.I.